The van der Waals surface area contributed by atoms with Crippen molar-refractivity contribution in [3.63, 3.8) is 0 Å². The highest BCUT2D eigenvalue weighted by Gasteiger charge is 2.32. The molecule has 0 radical (unpaired) electrons. The number of carbonyl (C=O) groups excluding carboxylic acids is 1. The summed E-state index contributed by atoms with van der Waals surface area (Å²) in [5, 5.41) is 3.08. The lowest BCUT2D eigenvalue weighted by molar-refractivity contribution is 0.0878. The summed E-state index contributed by atoms with van der Waals surface area (Å²) in [5.74, 6) is 0.579. The molecule has 1 fully saturated rings. The molecule has 3 rings (SSSR count). The molecule has 0 aliphatic carbocycles. The molecule has 1 saturated heterocycles. The first-order valence-corrected chi connectivity index (χ1v) is 9.14. The van der Waals surface area contributed by atoms with Gasteiger partial charge in [-0.3, -0.25) is 9.69 Å². The number of aromatic nitrogens is 3. The molecule has 3 heterocycles. The molecule has 2 aromatic rings. The molecule has 0 spiro atoms. The summed E-state index contributed by atoms with van der Waals surface area (Å²) in [6.45, 7) is 4.02. The van der Waals surface area contributed by atoms with Crippen molar-refractivity contribution in [1.82, 2.24) is 24.8 Å². The van der Waals surface area contributed by atoms with E-state index in [0.29, 0.717) is 30.5 Å². The maximum Gasteiger partial charge on any atom is 0.256 e. The Morgan fingerprint density at radius 1 is 1.42 bits per heavy atom. The van der Waals surface area contributed by atoms with Crippen LogP contribution in [0.15, 0.2) is 30.9 Å². The molecule has 7 heteroatoms. The second-order valence-electron chi connectivity index (χ2n) is 6.76. The van der Waals surface area contributed by atoms with Crippen molar-refractivity contribution in [3.8, 4) is 5.88 Å². The second kappa shape index (κ2) is 8.31. The molecule has 7 nitrogen and oxygen atoms in total. The fourth-order valence-corrected chi connectivity index (χ4v) is 3.73. The van der Waals surface area contributed by atoms with E-state index in [0.717, 1.165) is 19.4 Å². The van der Waals surface area contributed by atoms with E-state index in [9.17, 15) is 4.79 Å². The van der Waals surface area contributed by atoms with Crippen LogP contribution in [0.5, 0.6) is 5.88 Å². The van der Waals surface area contributed by atoms with Crippen molar-refractivity contribution in [2.24, 2.45) is 13.0 Å². The number of carbonyl (C=O) groups is 1. The number of nitrogens with one attached hydrogen (secondary N) is 1. The van der Waals surface area contributed by atoms with Crippen LogP contribution in [-0.4, -0.2) is 52.1 Å². The molecule has 1 amide bonds. The fourth-order valence-electron chi connectivity index (χ4n) is 3.73. The normalized spacial score (nSPS) is 20.7. The number of amides is 1. The number of likely N-dealkylation sites (tertiary alicyclic amines) is 1. The molecular formula is C19H27N5O2. The highest BCUT2D eigenvalue weighted by Crippen LogP contribution is 2.34. The summed E-state index contributed by atoms with van der Waals surface area (Å²) >= 11 is 0. The molecule has 2 atom stereocenters. The lowest BCUT2D eigenvalue weighted by atomic mass is 9.87. The molecule has 0 aromatic carbocycles. The van der Waals surface area contributed by atoms with Gasteiger partial charge >= 0.3 is 0 Å². The SMILES string of the molecule is CCOc1ncccc1C(=O)NC[C@@H]1CCCN(C)[C@H]1c1cncn1C. The largest absolute Gasteiger partial charge is 0.477 e. The third kappa shape index (κ3) is 3.88. The lowest BCUT2D eigenvalue weighted by Crippen LogP contribution is -2.42. The van der Waals surface area contributed by atoms with Crippen LogP contribution in [0.1, 0.15) is 41.9 Å². The highest BCUT2D eigenvalue weighted by atomic mass is 16.5. The second-order valence-corrected chi connectivity index (χ2v) is 6.76. The third-order valence-corrected chi connectivity index (χ3v) is 4.99. The fraction of sp³-hybridized carbons (Fsp3) is 0.526. The number of hydrogen-bond acceptors (Lipinski definition) is 5. The molecule has 1 N–H and O–H groups in total. The van der Waals surface area contributed by atoms with Crippen LogP contribution in [0.2, 0.25) is 0 Å². The average Bonchev–Trinajstić information content (AvgIpc) is 3.06. The Kier molecular flexibility index (Phi) is 5.88. The van der Waals surface area contributed by atoms with Crippen molar-refractivity contribution in [2.75, 3.05) is 26.7 Å². The van der Waals surface area contributed by atoms with Crippen molar-refractivity contribution in [3.05, 3.63) is 42.1 Å². The molecular weight excluding hydrogens is 330 g/mol. The van der Waals surface area contributed by atoms with E-state index in [1.807, 2.05) is 26.5 Å². The summed E-state index contributed by atoms with van der Waals surface area (Å²) in [6, 6.07) is 3.75. The number of imidazole rings is 1. The minimum atomic E-state index is -0.140. The summed E-state index contributed by atoms with van der Waals surface area (Å²) in [7, 11) is 4.16. The predicted octanol–water partition coefficient (Wildman–Crippen LogP) is 2.03. The van der Waals surface area contributed by atoms with Crippen LogP contribution in [-0.2, 0) is 7.05 Å². The molecule has 0 saturated carbocycles. The summed E-state index contributed by atoms with van der Waals surface area (Å²) < 4.78 is 7.54. The minimum Gasteiger partial charge on any atom is -0.477 e. The first-order chi connectivity index (χ1) is 12.6. The molecule has 140 valence electrons. The Bertz CT molecular complexity index is 745. The zero-order chi connectivity index (χ0) is 18.5. The standard InChI is InChI=1S/C19H27N5O2/c1-4-26-19-15(8-5-9-21-19)18(25)22-11-14-7-6-10-23(2)17(14)16-12-20-13-24(16)3/h5,8-9,12-14,17H,4,6-7,10-11H2,1-3H3,(H,22,25)/t14-,17+/m0/s1. The van der Waals surface area contributed by atoms with Crippen LogP contribution < -0.4 is 10.1 Å². The third-order valence-electron chi connectivity index (χ3n) is 4.99. The van der Waals surface area contributed by atoms with E-state index in [4.69, 9.17) is 4.74 Å². The Hall–Kier alpha value is -2.41. The van der Waals surface area contributed by atoms with Crippen molar-refractivity contribution >= 4 is 5.91 Å². The maximum absolute atomic E-state index is 12.7. The number of aryl methyl sites for hydroxylation is 1. The Labute approximate surface area is 154 Å². The maximum atomic E-state index is 12.7. The molecule has 0 bridgehead atoms. The smallest absolute Gasteiger partial charge is 0.256 e. The average molecular weight is 357 g/mol. The van der Waals surface area contributed by atoms with E-state index >= 15 is 0 Å². The molecule has 1 aliphatic rings. The van der Waals surface area contributed by atoms with Gasteiger partial charge in [-0.2, -0.15) is 0 Å². The van der Waals surface area contributed by atoms with Gasteiger partial charge in [0.15, 0.2) is 0 Å². The van der Waals surface area contributed by atoms with Gasteiger partial charge in [0.2, 0.25) is 5.88 Å². The van der Waals surface area contributed by atoms with Crippen molar-refractivity contribution in [1.29, 1.82) is 0 Å². The van der Waals surface area contributed by atoms with E-state index in [1.54, 1.807) is 18.3 Å². The van der Waals surface area contributed by atoms with E-state index in [-0.39, 0.29) is 11.9 Å². The van der Waals surface area contributed by atoms with Gasteiger partial charge in [-0.05, 0) is 51.4 Å². The van der Waals surface area contributed by atoms with Crippen LogP contribution >= 0.6 is 0 Å². The zero-order valence-electron chi connectivity index (χ0n) is 15.7. The van der Waals surface area contributed by atoms with Gasteiger partial charge in [-0.25, -0.2) is 9.97 Å². The molecule has 26 heavy (non-hydrogen) atoms. The Morgan fingerprint density at radius 3 is 3.00 bits per heavy atom. The number of rotatable bonds is 6. The minimum absolute atomic E-state index is 0.140. The summed E-state index contributed by atoms with van der Waals surface area (Å²) in [5.41, 5.74) is 1.67. The summed E-state index contributed by atoms with van der Waals surface area (Å²) in [6.07, 6.45) is 7.59. The van der Waals surface area contributed by atoms with Gasteiger partial charge in [0.1, 0.15) is 5.56 Å². The Morgan fingerprint density at radius 2 is 2.27 bits per heavy atom. The first-order valence-electron chi connectivity index (χ1n) is 9.14. The summed E-state index contributed by atoms with van der Waals surface area (Å²) in [4.78, 5) is 23.4. The van der Waals surface area contributed by atoms with Gasteiger partial charge < -0.3 is 14.6 Å². The zero-order valence-corrected chi connectivity index (χ0v) is 15.7. The van der Waals surface area contributed by atoms with E-state index in [1.165, 1.54) is 5.69 Å². The molecule has 2 aromatic heterocycles. The first kappa shape index (κ1) is 18.4. The molecule has 1 aliphatic heterocycles. The number of ether oxygens (including phenoxy) is 1. The topological polar surface area (TPSA) is 72.3 Å². The van der Waals surface area contributed by atoms with Gasteiger partial charge in [0.05, 0.1) is 24.7 Å². The van der Waals surface area contributed by atoms with Gasteiger partial charge in [-0.1, -0.05) is 0 Å². The van der Waals surface area contributed by atoms with Gasteiger partial charge in [-0.15, -0.1) is 0 Å². The number of nitrogens with zero attached hydrogens (tertiary/aromatic N) is 4. The van der Waals surface area contributed by atoms with Crippen LogP contribution in [0, 0.1) is 5.92 Å². The van der Waals surface area contributed by atoms with E-state index in [2.05, 4.69) is 31.8 Å². The van der Waals surface area contributed by atoms with E-state index < -0.39 is 0 Å². The van der Waals surface area contributed by atoms with Gasteiger partial charge in [0.25, 0.3) is 5.91 Å². The number of hydrogen-bond donors (Lipinski definition) is 1. The van der Waals surface area contributed by atoms with Crippen LogP contribution in [0.3, 0.4) is 0 Å². The number of piperidine rings is 1. The van der Waals surface area contributed by atoms with Crippen molar-refractivity contribution in [2.45, 2.75) is 25.8 Å². The quantitative estimate of drug-likeness (QED) is 0.856. The van der Waals surface area contributed by atoms with Gasteiger partial charge in [0, 0.05) is 26.0 Å². The monoisotopic (exact) mass is 357 g/mol. The lowest BCUT2D eigenvalue weighted by Gasteiger charge is -2.39. The number of pyridine rings is 1. The Balaban J connectivity index is 1.71. The highest BCUT2D eigenvalue weighted by molar-refractivity contribution is 5.96. The van der Waals surface area contributed by atoms with Crippen LogP contribution in [0.25, 0.3) is 0 Å². The van der Waals surface area contributed by atoms with Crippen LogP contribution in [0.4, 0.5) is 0 Å². The van der Waals surface area contributed by atoms with Crippen molar-refractivity contribution < 1.29 is 9.53 Å². The predicted molar refractivity (Wildman–Crippen MR) is 99.0 cm³/mol. The molecule has 0 unspecified atom stereocenters.